The van der Waals surface area contributed by atoms with Crippen molar-refractivity contribution >= 4 is 35.2 Å². The van der Waals surface area contributed by atoms with Gasteiger partial charge in [-0.15, -0.1) is 0 Å². The van der Waals surface area contributed by atoms with Crippen LogP contribution in [0.15, 0.2) is 47.7 Å². The van der Waals surface area contributed by atoms with Gasteiger partial charge in [0.1, 0.15) is 6.61 Å². The minimum absolute atomic E-state index is 0.253. The number of allylic oxidation sites excluding steroid dienone is 1. The second-order valence-corrected chi connectivity index (χ2v) is 7.32. The summed E-state index contributed by atoms with van der Waals surface area (Å²) in [6, 6.07) is 9.31. The molecule has 1 unspecified atom stereocenters. The molecule has 1 heterocycles. The molecule has 2 N–H and O–H groups in total. The van der Waals surface area contributed by atoms with Crippen molar-refractivity contribution in [2.45, 2.75) is 19.6 Å². The lowest BCUT2D eigenvalue weighted by Gasteiger charge is -2.28. The van der Waals surface area contributed by atoms with Gasteiger partial charge in [0.05, 0.1) is 35.9 Å². The van der Waals surface area contributed by atoms with Crippen LogP contribution in [0.25, 0.3) is 0 Å². The average Bonchev–Trinajstić information content (AvgIpc) is 2.73. The van der Waals surface area contributed by atoms with Crippen molar-refractivity contribution in [1.29, 1.82) is 0 Å². The van der Waals surface area contributed by atoms with Crippen LogP contribution < -0.4 is 20.1 Å². The van der Waals surface area contributed by atoms with Gasteiger partial charge in [-0.1, -0.05) is 35.3 Å². The molecule has 9 heteroatoms. The van der Waals surface area contributed by atoms with Crippen molar-refractivity contribution in [2.24, 2.45) is 0 Å². The molecule has 2 aromatic carbocycles. The minimum Gasteiger partial charge on any atom is -0.493 e. The van der Waals surface area contributed by atoms with E-state index < -0.39 is 18.0 Å². The standard InChI is InChI=1S/C21H20Cl2N2O5/c1-11-18(20(26)29-3)19(25-21(27)24-11)13-5-7-16(17(9-13)28-2)30-10-12-4-6-14(22)15(23)8-12/h4-9,19H,10H2,1-3H3,(H2,24,25,27). The number of benzene rings is 2. The number of hydrogen-bond acceptors (Lipinski definition) is 5. The number of urea groups is 1. The summed E-state index contributed by atoms with van der Waals surface area (Å²) in [6.07, 6.45) is 0. The van der Waals surface area contributed by atoms with E-state index in [0.29, 0.717) is 38.4 Å². The molecule has 1 atom stereocenters. The van der Waals surface area contributed by atoms with E-state index in [1.807, 2.05) is 6.07 Å². The Morgan fingerprint density at radius 3 is 2.50 bits per heavy atom. The zero-order valence-electron chi connectivity index (χ0n) is 16.5. The van der Waals surface area contributed by atoms with E-state index >= 15 is 0 Å². The molecule has 30 heavy (non-hydrogen) atoms. The van der Waals surface area contributed by atoms with Crippen LogP contribution in [0, 0.1) is 0 Å². The van der Waals surface area contributed by atoms with Crippen LogP contribution in [0.1, 0.15) is 24.1 Å². The first kappa shape index (κ1) is 21.8. The highest BCUT2D eigenvalue weighted by Gasteiger charge is 2.32. The Morgan fingerprint density at radius 1 is 1.07 bits per heavy atom. The van der Waals surface area contributed by atoms with E-state index in [9.17, 15) is 9.59 Å². The fraction of sp³-hybridized carbons (Fsp3) is 0.238. The number of methoxy groups -OCH3 is 2. The van der Waals surface area contributed by atoms with E-state index in [1.165, 1.54) is 14.2 Å². The van der Waals surface area contributed by atoms with Crippen molar-refractivity contribution in [1.82, 2.24) is 10.6 Å². The van der Waals surface area contributed by atoms with E-state index in [0.717, 1.165) is 5.56 Å². The number of rotatable bonds is 6. The molecule has 0 radical (unpaired) electrons. The second kappa shape index (κ2) is 9.28. The fourth-order valence-electron chi connectivity index (χ4n) is 3.10. The molecule has 0 bridgehead atoms. The summed E-state index contributed by atoms with van der Waals surface area (Å²) in [5.41, 5.74) is 2.22. The maximum atomic E-state index is 12.3. The van der Waals surface area contributed by atoms with Gasteiger partial charge in [-0.25, -0.2) is 9.59 Å². The Balaban J connectivity index is 1.87. The smallest absolute Gasteiger partial charge is 0.337 e. The molecule has 3 rings (SSSR count). The first-order valence-electron chi connectivity index (χ1n) is 8.95. The summed E-state index contributed by atoms with van der Waals surface area (Å²) in [7, 11) is 2.80. The summed E-state index contributed by atoms with van der Waals surface area (Å²) in [6.45, 7) is 1.90. The van der Waals surface area contributed by atoms with Gasteiger partial charge in [0.15, 0.2) is 11.5 Å². The highest BCUT2D eigenvalue weighted by Crippen LogP contribution is 2.35. The maximum absolute atomic E-state index is 12.3. The van der Waals surface area contributed by atoms with E-state index in [1.54, 1.807) is 37.3 Å². The van der Waals surface area contributed by atoms with Gasteiger partial charge in [0.2, 0.25) is 0 Å². The molecule has 0 saturated carbocycles. The molecule has 0 fully saturated rings. The fourth-order valence-corrected chi connectivity index (χ4v) is 3.42. The lowest BCUT2D eigenvalue weighted by atomic mass is 9.95. The van der Waals surface area contributed by atoms with Gasteiger partial charge < -0.3 is 24.8 Å². The van der Waals surface area contributed by atoms with Crippen molar-refractivity contribution in [3.63, 3.8) is 0 Å². The molecule has 0 aliphatic carbocycles. The van der Waals surface area contributed by atoms with Crippen LogP contribution >= 0.6 is 23.2 Å². The molecule has 0 spiro atoms. The van der Waals surface area contributed by atoms with Crippen LogP contribution in [0.5, 0.6) is 11.5 Å². The molecule has 7 nitrogen and oxygen atoms in total. The molecule has 1 aliphatic heterocycles. The van der Waals surface area contributed by atoms with Crippen LogP contribution in [0.2, 0.25) is 10.0 Å². The quantitative estimate of drug-likeness (QED) is 0.637. The Hall–Kier alpha value is -2.90. The van der Waals surface area contributed by atoms with E-state index in [4.69, 9.17) is 37.4 Å². The molecule has 2 amide bonds. The molecule has 0 aromatic heterocycles. The first-order valence-corrected chi connectivity index (χ1v) is 9.71. The number of hydrogen-bond donors (Lipinski definition) is 2. The predicted molar refractivity (Wildman–Crippen MR) is 113 cm³/mol. The van der Waals surface area contributed by atoms with E-state index in [-0.39, 0.29) is 6.61 Å². The molecular weight excluding hydrogens is 431 g/mol. The van der Waals surface area contributed by atoms with Crippen LogP contribution in [-0.4, -0.2) is 26.2 Å². The summed E-state index contributed by atoms with van der Waals surface area (Å²) >= 11 is 12.0. The SMILES string of the molecule is COC(=O)C1=C(C)NC(=O)NC1c1ccc(OCc2ccc(Cl)c(Cl)c2)c(OC)c1. The Morgan fingerprint density at radius 2 is 1.83 bits per heavy atom. The van der Waals surface area contributed by atoms with Gasteiger partial charge in [-0.3, -0.25) is 0 Å². The van der Waals surface area contributed by atoms with Gasteiger partial charge in [-0.2, -0.15) is 0 Å². The largest absolute Gasteiger partial charge is 0.493 e. The highest BCUT2D eigenvalue weighted by molar-refractivity contribution is 6.42. The maximum Gasteiger partial charge on any atom is 0.337 e. The number of esters is 1. The number of amides is 2. The number of nitrogens with one attached hydrogen (secondary N) is 2. The summed E-state index contributed by atoms with van der Waals surface area (Å²) < 4.78 is 16.2. The zero-order chi connectivity index (χ0) is 21.8. The summed E-state index contributed by atoms with van der Waals surface area (Å²) in [4.78, 5) is 24.2. The highest BCUT2D eigenvalue weighted by atomic mass is 35.5. The van der Waals surface area contributed by atoms with Crippen LogP contribution in [-0.2, 0) is 16.1 Å². The molecular formula is C21H20Cl2N2O5. The second-order valence-electron chi connectivity index (χ2n) is 6.51. The Bertz CT molecular complexity index is 1020. The number of carbonyl (C=O) groups excluding carboxylic acids is 2. The number of ether oxygens (including phenoxy) is 3. The van der Waals surface area contributed by atoms with Gasteiger partial charge >= 0.3 is 12.0 Å². The Labute approximate surface area is 183 Å². The van der Waals surface area contributed by atoms with Crippen molar-refractivity contribution in [3.05, 3.63) is 68.8 Å². The molecule has 0 saturated heterocycles. The molecule has 158 valence electrons. The normalized spacial score (nSPS) is 15.9. The number of carbonyl (C=O) groups is 2. The zero-order valence-corrected chi connectivity index (χ0v) is 18.1. The van der Waals surface area contributed by atoms with E-state index in [2.05, 4.69) is 10.6 Å². The van der Waals surface area contributed by atoms with Crippen molar-refractivity contribution in [3.8, 4) is 11.5 Å². The lowest BCUT2D eigenvalue weighted by molar-refractivity contribution is -0.136. The third-order valence-electron chi connectivity index (χ3n) is 4.57. The summed E-state index contributed by atoms with van der Waals surface area (Å²) in [5, 5.41) is 6.23. The van der Waals surface area contributed by atoms with Gasteiger partial charge in [-0.05, 0) is 42.3 Å². The average molecular weight is 451 g/mol. The van der Waals surface area contributed by atoms with Gasteiger partial charge in [0, 0.05) is 5.70 Å². The molecule has 1 aliphatic rings. The molecule has 2 aromatic rings. The predicted octanol–water partition coefficient (Wildman–Crippen LogP) is 4.38. The van der Waals surface area contributed by atoms with Crippen LogP contribution in [0.4, 0.5) is 4.79 Å². The lowest BCUT2D eigenvalue weighted by Crippen LogP contribution is -2.45. The topological polar surface area (TPSA) is 85.9 Å². The summed E-state index contributed by atoms with van der Waals surface area (Å²) in [5.74, 6) is 0.402. The van der Waals surface area contributed by atoms with Crippen LogP contribution in [0.3, 0.4) is 0 Å². The first-order chi connectivity index (χ1) is 14.3. The number of halogens is 2. The monoisotopic (exact) mass is 450 g/mol. The van der Waals surface area contributed by atoms with Crippen molar-refractivity contribution < 1.29 is 23.8 Å². The Kier molecular flexibility index (Phi) is 6.74. The third kappa shape index (κ3) is 4.63. The minimum atomic E-state index is -0.691. The van der Waals surface area contributed by atoms with Gasteiger partial charge in [0.25, 0.3) is 0 Å². The van der Waals surface area contributed by atoms with Crippen molar-refractivity contribution in [2.75, 3.05) is 14.2 Å². The third-order valence-corrected chi connectivity index (χ3v) is 5.31.